The van der Waals surface area contributed by atoms with Gasteiger partial charge in [-0.15, -0.1) is 0 Å². The smallest absolute Gasteiger partial charge is 0.340 e. The van der Waals surface area contributed by atoms with Crippen molar-refractivity contribution in [2.24, 2.45) is 7.05 Å². The molecule has 0 saturated heterocycles. The van der Waals surface area contributed by atoms with E-state index < -0.39 is 5.97 Å². The highest BCUT2D eigenvalue weighted by atomic mass is 16.5. The molecule has 0 aliphatic rings. The van der Waals surface area contributed by atoms with Crippen LogP contribution in [0.15, 0.2) is 24.5 Å². The highest BCUT2D eigenvalue weighted by Crippen LogP contribution is 2.20. The summed E-state index contributed by atoms with van der Waals surface area (Å²) in [6.07, 6.45) is 4.05. The van der Waals surface area contributed by atoms with Gasteiger partial charge in [0, 0.05) is 38.1 Å². The molecule has 0 aliphatic carbocycles. The second-order valence-corrected chi connectivity index (χ2v) is 4.24. The summed E-state index contributed by atoms with van der Waals surface area (Å²) in [7, 11) is 3.21. The van der Waals surface area contributed by atoms with Gasteiger partial charge in [-0.1, -0.05) is 0 Å². The summed E-state index contributed by atoms with van der Waals surface area (Å²) in [6.45, 7) is 0.640. The van der Waals surface area contributed by atoms with Crippen LogP contribution in [0.1, 0.15) is 16.1 Å². The molecule has 2 aromatic rings. The topological polar surface area (TPSA) is 95.1 Å². The third-order valence-electron chi connectivity index (χ3n) is 2.99. The van der Waals surface area contributed by atoms with Crippen molar-refractivity contribution in [1.29, 1.82) is 0 Å². The van der Waals surface area contributed by atoms with Crippen LogP contribution in [-0.2, 0) is 18.2 Å². The van der Waals surface area contributed by atoms with Crippen molar-refractivity contribution in [2.75, 3.05) is 24.7 Å². The molecule has 0 aliphatic heterocycles. The maximum atomic E-state index is 11.5. The van der Waals surface area contributed by atoms with E-state index in [9.17, 15) is 4.79 Å². The largest absolute Gasteiger partial charge is 0.465 e. The van der Waals surface area contributed by atoms with E-state index in [0.717, 1.165) is 12.1 Å². The standard InChI is InChI=1S/C13H17N5O2/c1-18-9(4-8-17-18)3-6-15-12-11(14)10(5-7-16-12)13(19)20-2/h4-5,7-8H,3,6,14H2,1-2H3,(H,15,16). The van der Waals surface area contributed by atoms with Gasteiger partial charge in [-0.05, 0) is 12.1 Å². The highest BCUT2D eigenvalue weighted by Gasteiger charge is 2.13. The molecule has 20 heavy (non-hydrogen) atoms. The van der Waals surface area contributed by atoms with Gasteiger partial charge in [0.1, 0.15) is 5.82 Å². The monoisotopic (exact) mass is 275 g/mol. The molecule has 2 rings (SSSR count). The second kappa shape index (κ2) is 6.05. The van der Waals surface area contributed by atoms with Crippen LogP contribution in [0, 0.1) is 0 Å². The predicted octanol–water partition coefficient (Wildman–Crippen LogP) is 0.838. The number of rotatable bonds is 5. The third-order valence-corrected chi connectivity index (χ3v) is 2.99. The van der Waals surface area contributed by atoms with Gasteiger partial charge in [0.25, 0.3) is 0 Å². The number of carbonyl (C=O) groups is 1. The molecule has 0 fully saturated rings. The van der Waals surface area contributed by atoms with E-state index in [-0.39, 0.29) is 0 Å². The van der Waals surface area contributed by atoms with Crippen molar-refractivity contribution in [3.63, 3.8) is 0 Å². The van der Waals surface area contributed by atoms with Crippen molar-refractivity contribution in [3.05, 3.63) is 35.8 Å². The summed E-state index contributed by atoms with van der Waals surface area (Å²) in [4.78, 5) is 15.7. The molecule has 0 bridgehead atoms. The minimum absolute atomic E-state index is 0.296. The molecule has 0 aromatic carbocycles. The van der Waals surface area contributed by atoms with Crippen molar-refractivity contribution < 1.29 is 9.53 Å². The van der Waals surface area contributed by atoms with Crippen molar-refractivity contribution in [3.8, 4) is 0 Å². The molecule has 0 spiro atoms. The van der Waals surface area contributed by atoms with E-state index in [1.807, 2.05) is 17.8 Å². The molecule has 0 saturated carbocycles. The lowest BCUT2D eigenvalue weighted by Gasteiger charge is -2.10. The molecule has 3 N–H and O–H groups in total. The Morgan fingerprint density at radius 1 is 1.45 bits per heavy atom. The Morgan fingerprint density at radius 2 is 2.25 bits per heavy atom. The molecular weight excluding hydrogens is 258 g/mol. The number of hydrogen-bond acceptors (Lipinski definition) is 6. The number of methoxy groups -OCH3 is 1. The minimum atomic E-state index is -0.473. The number of nitrogens with zero attached hydrogens (tertiary/aromatic N) is 3. The Kier molecular flexibility index (Phi) is 4.19. The first-order chi connectivity index (χ1) is 9.63. The van der Waals surface area contributed by atoms with Crippen LogP contribution in [0.5, 0.6) is 0 Å². The van der Waals surface area contributed by atoms with Gasteiger partial charge < -0.3 is 15.8 Å². The molecule has 0 radical (unpaired) electrons. The van der Waals surface area contributed by atoms with Crippen molar-refractivity contribution >= 4 is 17.5 Å². The fourth-order valence-corrected chi connectivity index (χ4v) is 1.86. The first-order valence-electron chi connectivity index (χ1n) is 6.17. The fraction of sp³-hybridized carbons (Fsp3) is 0.308. The number of ether oxygens (including phenoxy) is 1. The number of aromatic nitrogens is 3. The fourth-order valence-electron chi connectivity index (χ4n) is 1.86. The number of aryl methyl sites for hydroxylation is 1. The normalized spacial score (nSPS) is 10.3. The van der Waals surface area contributed by atoms with Gasteiger partial charge in [-0.25, -0.2) is 9.78 Å². The third kappa shape index (κ3) is 2.87. The molecule has 106 valence electrons. The quantitative estimate of drug-likeness (QED) is 0.785. The summed E-state index contributed by atoms with van der Waals surface area (Å²) in [5, 5.41) is 7.21. The number of carbonyl (C=O) groups excluding carboxylic acids is 1. The van der Waals surface area contributed by atoms with Gasteiger partial charge in [0.05, 0.1) is 18.4 Å². The lowest BCUT2D eigenvalue weighted by molar-refractivity contribution is 0.0602. The van der Waals surface area contributed by atoms with E-state index in [2.05, 4.69) is 20.1 Å². The van der Waals surface area contributed by atoms with Crippen LogP contribution >= 0.6 is 0 Å². The molecule has 2 aromatic heterocycles. The first kappa shape index (κ1) is 13.9. The maximum Gasteiger partial charge on any atom is 0.340 e. The number of esters is 1. The number of nitrogen functional groups attached to an aromatic ring is 1. The van der Waals surface area contributed by atoms with Crippen LogP contribution in [0.25, 0.3) is 0 Å². The van der Waals surface area contributed by atoms with E-state index in [0.29, 0.717) is 23.6 Å². The number of pyridine rings is 1. The zero-order chi connectivity index (χ0) is 14.5. The molecule has 0 amide bonds. The Labute approximate surface area is 116 Å². The van der Waals surface area contributed by atoms with Gasteiger partial charge in [0.15, 0.2) is 0 Å². The summed E-state index contributed by atoms with van der Waals surface area (Å²) in [6, 6.07) is 3.48. The predicted molar refractivity (Wildman–Crippen MR) is 75.4 cm³/mol. The van der Waals surface area contributed by atoms with Crippen LogP contribution < -0.4 is 11.1 Å². The van der Waals surface area contributed by atoms with Crippen LogP contribution in [0.4, 0.5) is 11.5 Å². The average Bonchev–Trinajstić information content (AvgIpc) is 2.85. The minimum Gasteiger partial charge on any atom is -0.465 e. The maximum absolute atomic E-state index is 11.5. The molecular formula is C13H17N5O2. The van der Waals surface area contributed by atoms with Gasteiger partial charge in [-0.2, -0.15) is 5.10 Å². The Bertz CT molecular complexity index is 609. The zero-order valence-corrected chi connectivity index (χ0v) is 11.5. The molecule has 0 unspecified atom stereocenters. The van der Waals surface area contributed by atoms with E-state index in [1.54, 1.807) is 6.20 Å². The van der Waals surface area contributed by atoms with E-state index in [4.69, 9.17) is 5.73 Å². The first-order valence-corrected chi connectivity index (χ1v) is 6.17. The number of anilines is 2. The number of hydrogen-bond donors (Lipinski definition) is 2. The van der Waals surface area contributed by atoms with E-state index >= 15 is 0 Å². The lowest BCUT2D eigenvalue weighted by Crippen LogP contribution is -2.13. The Morgan fingerprint density at radius 3 is 2.90 bits per heavy atom. The summed E-state index contributed by atoms with van der Waals surface area (Å²) < 4.78 is 6.47. The van der Waals surface area contributed by atoms with Crippen molar-refractivity contribution in [1.82, 2.24) is 14.8 Å². The van der Waals surface area contributed by atoms with Crippen LogP contribution in [0.2, 0.25) is 0 Å². The number of nitrogens with two attached hydrogens (primary N) is 1. The molecule has 7 nitrogen and oxygen atoms in total. The van der Waals surface area contributed by atoms with Crippen molar-refractivity contribution in [2.45, 2.75) is 6.42 Å². The lowest BCUT2D eigenvalue weighted by atomic mass is 10.2. The van der Waals surface area contributed by atoms with E-state index in [1.165, 1.54) is 19.4 Å². The van der Waals surface area contributed by atoms with Crippen LogP contribution in [0.3, 0.4) is 0 Å². The van der Waals surface area contributed by atoms with Gasteiger partial charge in [-0.3, -0.25) is 4.68 Å². The zero-order valence-electron chi connectivity index (χ0n) is 11.5. The summed E-state index contributed by atoms with van der Waals surface area (Å²) >= 11 is 0. The Hall–Kier alpha value is -2.57. The van der Waals surface area contributed by atoms with Gasteiger partial charge >= 0.3 is 5.97 Å². The molecule has 2 heterocycles. The van der Waals surface area contributed by atoms with Crippen LogP contribution in [-0.4, -0.2) is 34.4 Å². The average molecular weight is 275 g/mol. The van der Waals surface area contributed by atoms with Gasteiger partial charge in [0.2, 0.25) is 0 Å². The molecule has 7 heteroatoms. The molecule has 0 atom stereocenters. The Balaban J connectivity index is 2.03. The SMILES string of the molecule is COC(=O)c1ccnc(NCCc2ccnn2C)c1N. The summed E-state index contributed by atoms with van der Waals surface area (Å²) in [5.74, 6) is 0.00894. The summed E-state index contributed by atoms with van der Waals surface area (Å²) in [5.41, 5.74) is 7.61. The highest BCUT2D eigenvalue weighted by molar-refractivity contribution is 5.97. The number of nitrogens with one attached hydrogen (secondary N) is 1. The second-order valence-electron chi connectivity index (χ2n) is 4.24.